The maximum absolute atomic E-state index is 4.93. The van der Waals surface area contributed by atoms with Crippen LogP contribution in [-0.2, 0) is 20.8 Å². The molecule has 1 aliphatic rings. The molecular weight excluding hydrogens is 416 g/mol. The molecule has 0 atom stereocenters. The fourth-order valence-corrected chi connectivity index (χ4v) is 2.63. The van der Waals surface area contributed by atoms with Crippen molar-refractivity contribution in [1.82, 2.24) is 4.57 Å². The minimum absolute atomic E-state index is 0.826. The molecule has 4 rings (SSSR count). The van der Waals surface area contributed by atoms with Crippen LogP contribution >= 0.6 is 17.0 Å². The first-order valence-electron chi connectivity index (χ1n) is 7.65. The number of hydrogen-bond donors (Lipinski definition) is 0. The van der Waals surface area contributed by atoms with Crippen LogP contribution in [0.4, 0.5) is 0 Å². The molecule has 4 heteroatoms. The van der Waals surface area contributed by atoms with Crippen LogP contribution in [0.1, 0.15) is 17.7 Å². The number of aromatic nitrogens is 1. The molecule has 0 bridgehead atoms. The minimum atomic E-state index is -0.826. The SMILES string of the molecule is Cc1cc(C)n(-c2cc3ccccc3[cH-]2)c1.[C-]1=CC=CC1.[Cl][Zr+2][Cl]. The first-order valence-corrected chi connectivity index (χ1v) is 14.0. The van der Waals surface area contributed by atoms with E-state index >= 15 is 0 Å². The van der Waals surface area contributed by atoms with Crippen molar-refractivity contribution < 1.29 is 20.8 Å². The first kappa shape index (κ1) is 19.4. The fourth-order valence-electron chi connectivity index (χ4n) is 2.63. The summed E-state index contributed by atoms with van der Waals surface area (Å²) in [5.41, 5.74) is 3.85. The Balaban J connectivity index is 0.000000217. The van der Waals surface area contributed by atoms with Crippen LogP contribution < -0.4 is 0 Å². The Kier molecular flexibility index (Phi) is 8.18. The van der Waals surface area contributed by atoms with Crippen LogP contribution in [0.2, 0.25) is 0 Å². The Morgan fingerprint density at radius 3 is 2.42 bits per heavy atom. The molecule has 0 radical (unpaired) electrons. The second-order valence-corrected chi connectivity index (χ2v) is 9.18. The predicted molar refractivity (Wildman–Crippen MR) is 102 cm³/mol. The van der Waals surface area contributed by atoms with E-state index in [1.807, 2.05) is 12.2 Å². The summed E-state index contributed by atoms with van der Waals surface area (Å²) in [6.07, 6.45) is 12.2. The van der Waals surface area contributed by atoms with Gasteiger partial charge in [0, 0.05) is 11.9 Å². The number of rotatable bonds is 1. The van der Waals surface area contributed by atoms with Crippen molar-refractivity contribution >= 4 is 27.8 Å². The number of fused-ring (bicyclic) bond motifs is 1. The topological polar surface area (TPSA) is 4.93 Å². The number of nitrogens with zero attached hydrogens (tertiary/aromatic N) is 1. The summed E-state index contributed by atoms with van der Waals surface area (Å²) >= 11 is -0.826. The zero-order valence-electron chi connectivity index (χ0n) is 13.8. The molecule has 122 valence electrons. The van der Waals surface area contributed by atoms with Gasteiger partial charge in [-0.05, 0) is 31.2 Å². The van der Waals surface area contributed by atoms with Crippen molar-refractivity contribution in [3.8, 4) is 5.69 Å². The van der Waals surface area contributed by atoms with Crippen molar-refractivity contribution in [3.63, 3.8) is 0 Å². The molecule has 0 unspecified atom stereocenters. The Labute approximate surface area is 162 Å². The van der Waals surface area contributed by atoms with Crippen LogP contribution in [0.25, 0.3) is 16.5 Å². The predicted octanol–water partition coefficient (Wildman–Crippen LogP) is 6.65. The van der Waals surface area contributed by atoms with Crippen LogP contribution in [0.5, 0.6) is 0 Å². The van der Waals surface area contributed by atoms with Crippen LogP contribution in [0.3, 0.4) is 0 Å². The Bertz CT molecular complexity index is 784. The van der Waals surface area contributed by atoms with Gasteiger partial charge in [0.05, 0.1) is 0 Å². The maximum atomic E-state index is 4.93. The summed E-state index contributed by atoms with van der Waals surface area (Å²) in [5, 5.41) is 2.62. The molecule has 0 N–H and O–H groups in total. The van der Waals surface area contributed by atoms with Gasteiger partial charge >= 0.3 is 37.9 Å². The molecule has 1 aromatic heterocycles. The van der Waals surface area contributed by atoms with Gasteiger partial charge in [-0.15, -0.1) is 47.5 Å². The molecule has 24 heavy (non-hydrogen) atoms. The summed E-state index contributed by atoms with van der Waals surface area (Å²) in [6.45, 7) is 4.27. The van der Waals surface area contributed by atoms with Crippen LogP contribution in [0, 0.1) is 19.9 Å². The number of aryl methyl sites for hydroxylation is 2. The summed E-state index contributed by atoms with van der Waals surface area (Å²) in [4.78, 5) is 0. The number of benzene rings is 1. The van der Waals surface area contributed by atoms with Crippen molar-refractivity contribution in [2.45, 2.75) is 20.3 Å². The molecule has 1 nitrogen and oxygen atoms in total. The quantitative estimate of drug-likeness (QED) is 0.377. The third kappa shape index (κ3) is 5.55. The van der Waals surface area contributed by atoms with E-state index in [0.717, 1.165) is 6.42 Å². The van der Waals surface area contributed by atoms with E-state index in [9.17, 15) is 0 Å². The van der Waals surface area contributed by atoms with Crippen molar-refractivity contribution in [2.75, 3.05) is 0 Å². The van der Waals surface area contributed by atoms with E-state index in [1.54, 1.807) is 0 Å². The standard InChI is InChI=1S/C15H14N.C5H5.2ClH.Zr/c1-11-7-12(2)16(10-11)15-8-13-5-3-4-6-14(13)9-15;1-2-4-5-3-1;;;/h3-10H,1-2H3;1-3H,4H2;2*1H;/q2*-1;;;+4/p-2. The molecule has 0 spiro atoms. The van der Waals surface area contributed by atoms with Gasteiger partial charge in [0.15, 0.2) is 0 Å². The van der Waals surface area contributed by atoms with Crippen LogP contribution in [0.15, 0.2) is 66.9 Å². The Hall–Kier alpha value is -0.947. The summed E-state index contributed by atoms with van der Waals surface area (Å²) < 4.78 is 2.25. The molecule has 0 fully saturated rings. The average Bonchev–Trinajstić information content (AvgIpc) is 3.28. The molecule has 1 heterocycles. The van der Waals surface area contributed by atoms with Gasteiger partial charge in [0.2, 0.25) is 0 Å². The zero-order valence-corrected chi connectivity index (χ0v) is 17.7. The third-order valence-corrected chi connectivity index (χ3v) is 3.62. The van der Waals surface area contributed by atoms with Crippen molar-refractivity contribution in [3.05, 3.63) is 84.2 Å². The van der Waals surface area contributed by atoms with Gasteiger partial charge in [-0.1, -0.05) is 6.07 Å². The van der Waals surface area contributed by atoms with E-state index in [0.29, 0.717) is 0 Å². The van der Waals surface area contributed by atoms with Crippen LogP contribution in [-0.4, -0.2) is 4.57 Å². The van der Waals surface area contributed by atoms with Gasteiger partial charge in [0.25, 0.3) is 0 Å². The monoisotopic (exact) mass is 433 g/mol. The van der Waals surface area contributed by atoms with Crippen molar-refractivity contribution in [1.29, 1.82) is 0 Å². The molecule has 2 aromatic carbocycles. The molecule has 3 aromatic rings. The summed E-state index contributed by atoms with van der Waals surface area (Å²) in [7, 11) is 9.87. The average molecular weight is 436 g/mol. The molecule has 1 aliphatic carbocycles. The Morgan fingerprint density at radius 1 is 1.17 bits per heavy atom. The second kappa shape index (κ2) is 10.1. The van der Waals surface area contributed by atoms with Gasteiger partial charge in [-0.2, -0.15) is 6.08 Å². The van der Waals surface area contributed by atoms with E-state index in [1.165, 1.54) is 27.7 Å². The van der Waals surface area contributed by atoms with E-state index in [2.05, 4.69) is 79.2 Å². The molecular formula is C20H19Cl2NZr. The van der Waals surface area contributed by atoms with Gasteiger partial charge in [0.1, 0.15) is 0 Å². The van der Waals surface area contributed by atoms with Crippen molar-refractivity contribution in [2.24, 2.45) is 0 Å². The van der Waals surface area contributed by atoms with E-state index in [4.69, 9.17) is 17.0 Å². The molecule has 0 aliphatic heterocycles. The number of allylic oxidation sites excluding steroid dienone is 4. The number of halogens is 2. The van der Waals surface area contributed by atoms with E-state index < -0.39 is 20.8 Å². The van der Waals surface area contributed by atoms with E-state index in [-0.39, 0.29) is 0 Å². The molecule has 0 amide bonds. The zero-order chi connectivity index (χ0) is 17.4. The third-order valence-electron chi connectivity index (χ3n) is 3.62. The van der Waals surface area contributed by atoms with Gasteiger partial charge in [-0.25, -0.2) is 12.2 Å². The summed E-state index contributed by atoms with van der Waals surface area (Å²) in [5.74, 6) is 0. The summed E-state index contributed by atoms with van der Waals surface area (Å²) in [6, 6.07) is 15.2. The molecule has 0 saturated carbocycles. The van der Waals surface area contributed by atoms with Gasteiger partial charge in [-0.3, -0.25) is 6.08 Å². The molecule has 0 saturated heterocycles. The fraction of sp³-hybridized carbons (Fsp3) is 0.150. The number of hydrogen-bond acceptors (Lipinski definition) is 0. The second-order valence-electron chi connectivity index (χ2n) is 5.45. The first-order chi connectivity index (χ1) is 11.7. The normalized spacial score (nSPS) is 11.5. The van der Waals surface area contributed by atoms with Gasteiger partial charge < -0.3 is 4.57 Å². The Morgan fingerprint density at radius 2 is 1.92 bits per heavy atom.